The third-order valence-electron chi connectivity index (χ3n) is 4.33. The number of benzene rings is 2. The molecule has 0 aliphatic rings. The minimum Gasteiger partial charge on any atom is -0.411 e. The Bertz CT molecular complexity index is 960. The van der Waals surface area contributed by atoms with E-state index in [1.165, 1.54) is 6.07 Å². The number of halogens is 1. The van der Waals surface area contributed by atoms with Gasteiger partial charge in [-0.15, -0.1) is 0 Å². The summed E-state index contributed by atoms with van der Waals surface area (Å²) in [5.74, 6) is -0.0103. The second-order valence-electron chi connectivity index (χ2n) is 6.02. The fraction of sp³-hybridized carbons (Fsp3) is 0.150. The lowest BCUT2D eigenvalue weighted by atomic mass is 9.84. The molecule has 1 aromatic heterocycles. The van der Waals surface area contributed by atoms with Crippen LogP contribution in [0.25, 0.3) is 0 Å². The van der Waals surface area contributed by atoms with Crippen molar-refractivity contribution in [1.82, 2.24) is 10.2 Å². The van der Waals surface area contributed by atoms with Crippen LogP contribution in [0.3, 0.4) is 0 Å². The Labute approximate surface area is 159 Å². The van der Waals surface area contributed by atoms with E-state index in [1.807, 2.05) is 24.3 Å². The van der Waals surface area contributed by atoms with Gasteiger partial charge < -0.3 is 5.21 Å². The summed E-state index contributed by atoms with van der Waals surface area (Å²) in [6.45, 7) is 2.06. The van der Waals surface area contributed by atoms with Gasteiger partial charge in [-0.1, -0.05) is 57.5 Å². The van der Waals surface area contributed by atoms with Gasteiger partial charge in [-0.25, -0.2) is 5.10 Å². The van der Waals surface area contributed by atoms with Crippen LogP contribution in [0.2, 0.25) is 0 Å². The molecule has 132 valence electrons. The molecule has 2 aromatic carbocycles. The largest absolute Gasteiger partial charge is 0.411 e. The van der Waals surface area contributed by atoms with Crippen molar-refractivity contribution in [3.63, 3.8) is 0 Å². The minimum absolute atomic E-state index is 0.0103. The molecule has 0 saturated heterocycles. The molecule has 0 bridgehead atoms. The highest BCUT2D eigenvalue weighted by Gasteiger charge is 2.21. The average Bonchev–Trinajstić information content (AvgIpc) is 2.66. The first-order chi connectivity index (χ1) is 12.6. The normalized spacial score (nSPS) is 12.8. The number of oxime groups is 1. The maximum absolute atomic E-state index is 11.2. The van der Waals surface area contributed by atoms with Crippen molar-refractivity contribution in [3.8, 4) is 0 Å². The van der Waals surface area contributed by atoms with Crippen LogP contribution in [0.4, 0.5) is 0 Å². The van der Waals surface area contributed by atoms with Crippen molar-refractivity contribution in [3.05, 3.63) is 97.9 Å². The minimum atomic E-state index is -0.297. The molecule has 6 heteroatoms. The third-order valence-corrected chi connectivity index (χ3v) is 4.86. The van der Waals surface area contributed by atoms with Crippen LogP contribution in [0.15, 0.2) is 75.1 Å². The number of aromatic nitrogens is 2. The smallest absolute Gasteiger partial charge is 0.264 e. The van der Waals surface area contributed by atoms with E-state index in [2.05, 4.69) is 62.5 Å². The Morgan fingerprint density at radius 3 is 2.50 bits per heavy atom. The van der Waals surface area contributed by atoms with Gasteiger partial charge in [-0.2, -0.15) is 5.10 Å². The Morgan fingerprint density at radius 1 is 1.15 bits per heavy atom. The number of nitrogens with zero attached hydrogens (tertiary/aromatic N) is 2. The molecule has 3 aromatic rings. The van der Waals surface area contributed by atoms with Gasteiger partial charge in [0, 0.05) is 22.9 Å². The molecule has 0 fully saturated rings. The Morgan fingerprint density at radius 2 is 1.88 bits per heavy atom. The molecule has 3 rings (SSSR count). The van der Waals surface area contributed by atoms with Crippen molar-refractivity contribution >= 4 is 21.6 Å². The maximum atomic E-state index is 11.2. The quantitative estimate of drug-likeness (QED) is 0.374. The molecule has 0 amide bonds. The average molecular weight is 412 g/mol. The second kappa shape index (κ2) is 8.10. The molecule has 2 N–H and O–H groups in total. The standard InChI is InChI=1S/C20H18BrN3O2/c1-13-4-2-3-5-16(13)17(14-6-8-15(21)9-7-14)12-19(24-26)18-10-11-20(25)23-22-18/h2-11,17,26H,12H2,1H3,(H,23,25)/t17-/m0/s1. The molecule has 0 radical (unpaired) electrons. The molecule has 0 aliphatic heterocycles. The van der Waals surface area contributed by atoms with Gasteiger partial charge in [0.05, 0.1) is 0 Å². The number of aryl methyl sites for hydroxylation is 1. The van der Waals surface area contributed by atoms with Gasteiger partial charge in [-0.3, -0.25) is 4.79 Å². The van der Waals surface area contributed by atoms with E-state index in [-0.39, 0.29) is 11.5 Å². The summed E-state index contributed by atoms with van der Waals surface area (Å²) in [5.41, 5.74) is 3.98. The van der Waals surface area contributed by atoms with Crippen LogP contribution in [0, 0.1) is 6.92 Å². The molecule has 0 unspecified atom stereocenters. The lowest BCUT2D eigenvalue weighted by Gasteiger charge is -2.20. The molecule has 5 nitrogen and oxygen atoms in total. The van der Waals surface area contributed by atoms with E-state index in [0.717, 1.165) is 21.2 Å². The first kappa shape index (κ1) is 18.1. The van der Waals surface area contributed by atoms with Crippen molar-refractivity contribution in [2.24, 2.45) is 5.16 Å². The molecule has 26 heavy (non-hydrogen) atoms. The van der Waals surface area contributed by atoms with Crippen LogP contribution in [-0.2, 0) is 0 Å². The van der Waals surface area contributed by atoms with Crippen LogP contribution in [0.1, 0.15) is 34.7 Å². The zero-order chi connectivity index (χ0) is 18.5. The highest BCUT2D eigenvalue weighted by Crippen LogP contribution is 2.32. The lowest BCUT2D eigenvalue weighted by Crippen LogP contribution is -2.16. The molecular formula is C20H18BrN3O2. The molecule has 0 aliphatic carbocycles. The zero-order valence-electron chi connectivity index (χ0n) is 14.2. The zero-order valence-corrected chi connectivity index (χ0v) is 15.8. The molecule has 0 spiro atoms. The Balaban J connectivity index is 2.03. The highest BCUT2D eigenvalue weighted by molar-refractivity contribution is 9.10. The number of rotatable bonds is 5. The topological polar surface area (TPSA) is 78.3 Å². The summed E-state index contributed by atoms with van der Waals surface area (Å²) in [6, 6.07) is 19.2. The van der Waals surface area contributed by atoms with Gasteiger partial charge in [0.15, 0.2) is 0 Å². The fourth-order valence-electron chi connectivity index (χ4n) is 2.98. The van der Waals surface area contributed by atoms with E-state index in [9.17, 15) is 10.0 Å². The van der Waals surface area contributed by atoms with Crippen LogP contribution < -0.4 is 5.56 Å². The Kier molecular flexibility index (Phi) is 5.63. The summed E-state index contributed by atoms with van der Waals surface area (Å²) in [4.78, 5) is 11.2. The van der Waals surface area contributed by atoms with Crippen LogP contribution in [0.5, 0.6) is 0 Å². The highest BCUT2D eigenvalue weighted by atomic mass is 79.9. The summed E-state index contributed by atoms with van der Waals surface area (Å²) in [6.07, 6.45) is 0.446. The number of hydrogen-bond acceptors (Lipinski definition) is 4. The van der Waals surface area contributed by atoms with Gasteiger partial charge in [0.2, 0.25) is 0 Å². The molecule has 1 heterocycles. The van der Waals surface area contributed by atoms with Crippen LogP contribution >= 0.6 is 15.9 Å². The van der Waals surface area contributed by atoms with Crippen molar-refractivity contribution in [2.75, 3.05) is 0 Å². The number of aromatic amines is 1. The monoisotopic (exact) mass is 411 g/mol. The van der Waals surface area contributed by atoms with E-state index in [0.29, 0.717) is 17.8 Å². The van der Waals surface area contributed by atoms with E-state index in [1.54, 1.807) is 6.07 Å². The number of nitrogens with one attached hydrogen (secondary N) is 1. The predicted octanol–water partition coefficient (Wildman–Crippen LogP) is 4.24. The summed E-state index contributed by atoms with van der Waals surface area (Å²) < 4.78 is 1.00. The summed E-state index contributed by atoms with van der Waals surface area (Å²) in [7, 11) is 0. The van der Waals surface area contributed by atoms with E-state index in [4.69, 9.17) is 0 Å². The number of H-pyrrole nitrogens is 1. The van der Waals surface area contributed by atoms with E-state index < -0.39 is 0 Å². The molecule has 0 saturated carbocycles. The first-order valence-electron chi connectivity index (χ1n) is 8.16. The van der Waals surface area contributed by atoms with E-state index >= 15 is 0 Å². The van der Waals surface area contributed by atoms with Crippen molar-refractivity contribution in [2.45, 2.75) is 19.3 Å². The number of hydrogen-bond donors (Lipinski definition) is 2. The SMILES string of the molecule is Cc1ccccc1[C@@H](CC(=NO)c1ccc(=O)[nH]n1)c1ccc(Br)cc1. The summed E-state index contributed by atoms with van der Waals surface area (Å²) >= 11 is 3.47. The summed E-state index contributed by atoms with van der Waals surface area (Å²) in [5, 5.41) is 19.4. The Hall–Kier alpha value is -2.73. The van der Waals surface area contributed by atoms with Gasteiger partial charge in [-0.05, 0) is 41.8 Å². The lowest BCUT2D eigenvalue weighted by molar-refractivity contribution is 0.317. The van der Waals surface area contributed by atoms with Gasteiger partial charge >= 0.3 is 0 Å². The van der Waals surface area contributed by atoms with Gasteiger partial charge in [0.25, 0.3) is 5.56 Å². The maximum Gasteiger partial charge on any atom is 0.264 e. The second-order valence-corrected chi connectivity index (χ2v) is 6.93. The first-order valence-corrected chi connectivity index (χ1v) is 8.96. The van der Waals surface area contributed by atoms with Gasteiger partial charge in [0.1, 0.15) is 11.4 Å². The van der Waals surface area contributed by atoms with Crippen LogP contribution in [-0.4, -0.2) is 21.1 Å². The van der Waals surface area contributed by atoms with Crippen molar-refractivity contribution < 1.29 is 5.21 Å². The van der Waals surface area contributed by atoms with Crippen molar-refractivity contribution in [1.29, 1.82) is 0 Å². The third kappa shape index (κ3) is 4.08. The molecule has 1 atom stereocenters. The fourth-order valence-corrected chi connectivity index (χ4v) is 3.24. The molecular weight excluding hydrogens is 394 g/mol. The predicted molar refractivity (Wildman–Crippen MR) is 105 cm³/mol.